The number of unbranched alkanes of at least 4 members (excludes halogenated alkanes) is 1. The molecule has 0 unspecified atom stereocenters. The van der Waals surface area contributed by atoms with Crippen molar-refractivity contribution >= 4 is 33.7 Å². The standard InChI is InChI=1S/C22H27N7O/c1-3-4-9-25-20-19-18(27-22(24)28-20)16-7-5-6-8-17(16)29(19)13-15-10-14(11-23)12-26-21(15)30-2/h5-8,10,12H,3-4,9,11,13,23H2,1-2H3,(H3,24,25,27,28). The van der Waals surface area contributed by atoms with E-state index in [1.54, 1.807) is 13.3 Å². The van der Waals surface area contributed by atoms with Crippen LogP contribution in [0.4, 0.5) is 11.8 Å². The van der Waals surface area contributed by atoms with E-state index in [2.05, 4.69) is 43.9 Å². The lowest BCUT2D eigenvalue weighted by molar-refractivity contribution is 0.391. The second-order valence-corrected chi connectivity index (χ2v) is 7.23. The third kappa shape index (κ3) is 3.61. The van der Waals surface area contributed by atoms with Crippen molar-refractivity contribution in [3.63, 3.8) is 0 Å². The van der Waals surface area contributed by atoms with Crippen LogP contribution in [0.1, 0.15) is 30.9 Å². The van der Waals surface area contributed by atoms with Crippen molar-refractivity contribution in [3.8, 4) is 5.88 Å². The number of fused-ring (bicyclic) bond motifs is 3. The minimum Gasteiger partial charge on any atom is -0.481 e. The Morgan fingerprint density at radius 1 is 1.20 bits per heavy atom. The average Bonchev–Trinajstić information content (AvgIpc) is 3.07. The highest BCUT2D eigenvalue weighted by Crippen LogP contribution is 2.33. The molecule has 0 saturated carbocycles. The number of para-hydroxylation sites is 1. The smallest absolute Gasteiger partial charge is 0.222 e. The monoisotopic (exact) mass is 405 g/mol. The second kappa shape index (κ2) is 8.54. The number of pyridine rings is 1. The number of nitrogens with one attached hydrogen (secondary N) is 1. The van der Waals surface area contributed by atoms with Gasteiger partial charge >= 0.3 is 0 Å². The van der Waals surface area contributed by atoms with Gasteiger partial charge in [0.1, 0.15) is 11.0 Å². The summed E-state index contributed by atoms with van der Waals surface area (Å²) in [6, 6.07) is 10.2. The van der Waals surface area contributed by atoms with Crippen LogP contribution in [0.2, 0.25) is 0 Å². The number of anilines is 2. The molecule has 0 aliphatic rings. The lowest BCUT2D eigenvalue weighted by atomic mass is 10.2. The Morgan fingerprint density at radius 2 is 2.03 bits per heavy atom. The topological polar surface area (TPSA) is 117 Å². The van der Waals surface area contributed by atoms with Crippen molar-refractivity contribution in [2.75, 3.05) is 24.7 Å². The molecule has 1 aromatic carbocycles. The van der Waals surface area contributed by atoms with Crippen LogP contribution in [0.15, 0.2) is 36.5 Å². The van der Waals surface area contributed by atoms with Gasteiger partial charge < -0.3 is 26.1 Å². The highest BCUT2D eigenvalue weighted by molar-refractivity contribution is 6.09. The predicted molar refractivity (Wildman–Crippen MR) is 121 cm³/mol. The molecule has 8 heteroatoms. The SMILES string of the molecule is CCCCNc1nc(N)nc2c3ccccc3n(Cc3cc(CN)cnc3OC)c12. The van der Waals surface area contributed by atoms with Crippen molar-refractivity contribution in [1.29, 1.82) is 0 Å². The summed E-state index contributed by atoms with van der Waals surface area (Å²) in [7, 11) is 1.63. The van der Waals surface area contributed by atoms with E-state index >= 15 is 0 Å². The van der Waals surface area contributed by atoms with Gasteiger partial charge in [-0.3, -0.25) is 0 Å². The van der Waals surface area contributed by atoms with Gasteiger partial charge in [0, 0.05) is 30.2 Å². The molecule has 0 aliphatic heterocycles. The van der Waals surface area contributed by atoms with Crippen molar-refractivity contribution in [2.24, 2.45) is 5.73 Å². The minimum absolute atomic E-state index is 0.258. The van der Waals surface area contributed by atoms with Crippen molar-refractivity contribution in [3.05, 3.63) is 47.7 Å². The molecule has 0 aliphatic carbocycles. The van der Waals surface area contributed by atoms with Crippen LogP contribution in [0, 0.1) is 0 Å². The largest absolute Gasteiger partial charge is 0.481 e. The van der Waals surface area contributed by atoms with E-state index in [1.807, 2.05) is 18.2 Å². The molecule has 3 heterocycles. The van der Waals surface area contributed by atoms with Gasteiger partial charge in [-0.05, 0) is 24.1 Å². The normalized spacial score (nSPS) is 11.3. The zero-order valence-electron chi connectivity index (χ0n) is 17.4. The molecule has 30 heavy (non-hydrogen) atoms. The first-order valence-electron chi connectivity index (χ1n) is 10.2. The zero-order chi connectivity index (χ0) is 21.1. The molecule has 0 spiro atoms. The summed E-state index contributed by atoms with van der Waals surface area (Å²) in [5.41, 5.74) is 16.6. The number of nitrogens with two attached hydrogens (primary N) is 2. The number of aromatic nitrogens is 4. The Kier molecular flexibility index (Phi) is 5.67. The van der Waals surface area contributed by atoms with Crippen LogP contribution in [-0.4, -0.2) is 33.2 Å². The number of methoxy groups -OCH3 is 1. The molecule has 5 N–H and O–H groups in total. The van der Waals surface area contributed by atoms with Gasteiger partial charge in [-0.2, -0.15) is 4.98 Å². The Balaban J connectivity index is 1.94. The highest BCUT2D eigenvalue weighted by atomic mass is 16.5. The van der Waals surface area contributed by atoms with Crippen LogP contribution < -0.4 is 21.5 Å². The first kappa shape index (κ1) is 19.9. The molecule has 8 nitrogen and oxygen atoms in total. The number of ether oxygens (including phenoxy) is 1. The molecule has 0 atom stereocenters. The molecule has 0 amide bonds. The Labute approximate surface area is 175 Å². The second-order valence-electron chi connectivity index (χ2n) is 7.23. The summed E-state index contributed by atoms with van der Waals surface area (Å²) >= 11 is 0. The summed E-state index contributed by atoms with van der Waals surface area (Å²) in [5.74, 6) is 1.58. The maximum absolute atomic E-state index is 6.05. The van der Waals surface area contributed by atoms with E-state index in [0.717, 1.165) is 58.3 Å². The van der Waals surface area contributed by atoms with Crippen molar-refractivity contribution in [2.45, 2.75) is 32.9 Å². The average molecular weight is 406 g/mol. The van der Waals surface area contributed by atoms with Crippen molar-refractivity contribution in [1.82, 2.24) is 19.5 Å². The third-order valence-electron chi connectivity index (χ3n) is 5.18. The van der Waals surface area contributed by atoms with Gasteiger partial charge in [-0.1, -0.05) is 31.5 Å². The molecule has 4 aromatic rings. The number of hydrogen-bond donors (Lipinski definition) is 3. The molecule has 0 radical (unpaired) electrons. The van der Waals surface area contributed by atoms with E-state index in [1.165, 1.54) is 0 Å². The van der Waals surface area contributed by atoms with Gasteiger partial charge in [0.05, 0.1) is 19.2 Å². The lowest BCUT2D eigenvalue weighted by Gasteiger charge is -2.14. The van der Waals surface area contributed by atoms with E-state index in [9.17, 15) is 0 Å². The summed E-state index contributed by atoms with van der Waals surface area (Å²) in [6.07, 6.45) is 3.88. The van der Waals surface area contributed by atoms with Crippen LogP contribution in [0.5, 0.6) is 5.88 Å². The van der Waals surface area contributed by atoms with Gasteiger partial charge in [0.25, 0.3) is 0 Å². The summed E-state index contributed by atoms with van der Waals surface area (Å²) in [6.45, 7) is 3.94. The fourth-order valence-corrected chi connectivity index (χ4v) is 3.74. The van der Waals surface area contributed by atoms with Crippen LogP contribution in [-0.2, 0) is 13.1 Å². The minimum atomic E-state index is 0.258. The maximum atomic E-state index is 6.05. The number of hydrogen-bond acceptors (Lipinski definition) is 7. The van der Waals surface area contributed by atoms with Gasteiger partial charge in [-0.25, -0.2) is 9.97 Å². The quantitative estimate of drug-likeness (QED) is 0.385. The molecule has 0 bridgehead atoms. The number of nitrogen functional groups attached to an aromatic ring is 1. The fourth-order valence-electron chi connectivity index (χ4n) is 3.74. The third-order valence-corrected chi connectivity index (χ3v) is 5.18. The van der Waals surface area contributed by atoms with Gasteiger partial charge in [-0.15, -0.1) is 0 Å². The number of rotatable bonds is 8. The van der Waals surface area contributed by atoms with E-state index in [0.29, 0.717) is 19.0 Å². The number of nitrogens with zero attached hydrogens (tertiary/aromatic N) is 4. The van der Waals surface area contributed by atoms with E-state index < -0.39 is 0 Å². The summed E-state index contributed by atoms with van der Waals surface area (Å²) in [5, 5.41) is 4.48. The van der Waals surface area contributed by atoms with Gasteiger partial charge in [0.15, 0.2) is 5.82 Å². The van der Waals surface area contributed by atoms with Crippen molar-refractivity contribution < 1.29 is 4.74 Å². The molecular formula is C22H27N7O. The zero-order valence-corrected chi connectivity index (χ0v) is 17.4. The fraction of sp³-hybridized carbons (Fsp3) is 0.318. The van der Waals surface area contributed by atoms with E-state index in [-0.39, 0.29) is 5.95 Å². The summed E-state index contributed by atoms with van der Waals surface area (Å²) < 4.78 is 7.71. The maximum Gasteiger partial charge on any atom is 0.222 e. The number of benzene rings is 1. The Morgan fingerprint density at radius 3 is 2.80 bits per heavy atom. The van der Waals surface area contributed by atoms with Crippen LogP contribution in [0.3, 0.4) is 0 Å². The predicted octanol–water partition coefficient (Wildman–Crippen LogP) is 3.29. The van der Waals surface area contributed by atoms with Crippen LogP contribution >= 0.6 is 0 Å². The lowest BCUT2D eigenvalue weighted by Crippen LogP contribution is -2.10. The van der Waals surface area contributed by atoms with E-state index in [4.69, 9.17) is 16.2 Å². The Hall–Kier alpha value is -3.39. The molecule has 4 rings (SSSR count). The first-order chi connectivity index (χ1) is 14.7. The summed E-state index contributed by atoms with van der Waals surface area (Å²) in [4.78, 5) is 13.5. The molecule has 156 valence electrons. The van der Waals surface area contributed by atoms with Crippen LogP contribution in [0.25, 0.3) is 21.9 Å². The molecule has 0 saturated heterocycles. The molecular weight excluding hydrogens is 378 g/mol. The highest BCUT2D eigenvalue weighted by Gasteiger charge is 2.19. The molecule has 3 aromatic heterocycles. The van der Waals surface area contributed by atoms with Gasteiger partial charge in [0.2, 0.25) is 11.8 Å². The first-order valence-corrected chi connectivity index (χ1v) is 10.2. The molecule has 0 fully saturated rings. The Bertz CT molecular complexity index is 1190.